The highest BCUT2D eigenvalue weighted by Crippen LogP contribution is 2.45. The molecule has 2 nitrogen and oxygen atoms in total. The molecule has 2 rings (SSSR count). The van der Waals surface area contributed by atoms with E-state index in [4.69, 9.17) is 6.57 Å². The summed E-state index contributed by atoms with van der Waals surface area (Å²) in [6.07, 6.45) is 4.62. The van der Waals surface area contributed by atoms with Crippen LogP contribution >= 0.6 is 0 Å². The fourth-order valence-electron chi connectivity index (χ4n) is 1.30. The summed E-state index contributed by atoms with van der Waals surface area (Å²) >= 11 is 0. The summed E-state index contributed by atoms with van der Waals surface area (Å²) in [6.45, 7) is 6.82. The van der Waals surface area contributed by atoms with Gasteiger partial charge < -0.3 is 0 Å². The van der Waals surface area contributed by atoms with E-state index in [1.165, 1.54) is 12.4 Å². The molecule has 1 aliphatic carbocycles. The predicted molar refractivity (Wildman–Crippen MR) is 42.4 cm³/mol. The summed E-state index contributed by atoms with van der Waals surface area (Å²) in [7, 11) is 0. The van der Waals surface area contributed by atoms with Crippen molar-refractivity contribution in [3.63, 3.8) is 0 Å². The molecule has 60 valence electrons. The zero-order valence-electron chi connectivity index (χ0n) is 6.42. The quantitative estimate of drug-likeness (QED) is 0.580. The first kappa shape index (κ1) is 7.23. The third kappa shape index (κ3) is 1.06. The fraction of sp³-hybridized carbons (Fsp3) is 0.333. The molecule has 0 saturated heterocycles. The average Bonchev–Trinajstić information content (AvgIpc) is 2.87. The minimum absolute atomic E-state index is 0.275. The third-order valence-corrected chi connectivity index (χ3v) is 2.02. The molecule has 0 atom stereocenters. The molecule has 1 heterocycles. The topological polar surface area (TPSA) is 17.2 Å². The lowest BCUT2D eigenvalue weighted by Crippen LogP contribution is -1.88. The second-order valence-corrected chi connectivity index (χ2v) is 2.94. The molecule has 1 aliphatic rings. The van der Waals surface area contributed by atoms with Gasteiger partial charge in [0.2, 0.25) is 5.69 Å². The molecule has 1 aromatic heterocycles. The molecule has 0 radical (unpaired) electrons. The van der Waals surface area contributed by atoms with Gasteiger partial charge in [0.15, 0.2) is 0 Å². The van der Waals surface area contributed by atoms with Gasteiger partial charge in [0.25, 0.3) is 0 Å². The van der Waals surface area contributed by atoms with Crippen LogP contribution in [0.1, 0.15) is 24.3 Å². The Hall–Kier alpha value is -1.43. The smallest absolute Gasteiger partial charge is 0.211 e. The Labute approximate surface area is 69.9 Å². The summed E-state index contributed by atoms with van der Waals surface area (Å²) in [6, 6.07) is 0. The van der Waals surface area contributed by atoms with Gasteiger partial charge in [0.05, 0.1) is 12.8 Å². The second kappa shape index (κ2) is 2.56. The third-order valence-electron chi connectivity index (χ3n) is 2.02. The van der Waals surface area contributed by atoms with Crippen LogP contribution in [0.4, 0.5) is 10.1 Å². The SMILES string of the molecule is [C-]#[N+]c1cncc(F)c1C1CC1. The van der Waals surface area contributed by atoms with Crippen LogP contribution in [-0.2, 0) is 0 Å². The van der Waals surface area contributed by atoms with Crippen molar-refractivity contribution in [1.29, 1.82) is 0 Å². The van der Waals surface area contributed by atoms with E-state index in [1.807, 2.05) is 0 Å². The number of nitrogens with zero attached hydrogens (tertiary/aromatic N) is 2. The number of hydrogen-bond donors (Lipinski definition) is 0. The molecular formula is C9H7FN2. The van der Waals surface area contributed by atoms with Gasteiger partial charge in [-0.05, 0) is 18.8 Å². The lowest BCUT2D eigenvalue weighted by Gasteiger charge is -2.01. The maximum atomic E-state index is 13.1. The van der Waals surface area contributed by atoms with Gasteiger partial charge in [-0.3, -0.25) is 4.98 Å². The highest BCUT2D eigenvalue weighted by Gasteiger charge is 2.28. The summed E-state index contributed by atoms with van der Waals surface area (Å²) in [5.74, 6) is -0.0527. The van der Waals surface area contributed by atoms with Gasteiger partial charge in [-0.25, -0.2) is 9.24 Å². The van der Waals surface area contributed by atoms with E-state index < -0.39 is 0 Å². The van der Waals surface area contributed by atoms with Gasteiger partial charge in [-0.2, -0.15) is 0 Å². The van der Waals surface area contributed by atoms with Crippen molar-refractivity contribution in [2.75, 3.05) is 0 Å². The fourth-order valence-corrected chi connectivity index (χ4v) is 1.30. The van der Waals surface area contributed by atoms with E-state index in [9.17, 15) is 4.39 Å². The maximum Gasteiger partial charge on any atom is 0.211 e. The molecule has 3 heteroatoms. The van der Waals surface area contributed by atoms with E-state index in [0.717, 1.165) is 12.8 Å². The molecule has 0 spiro atoms. The van der Waals surface area contributed by atoms with Gasteiger partial charge in [0, 0.05) is 11.8 Å². The first-order valence-electron chi connectivity index (χ1n) is 3.84. The first-order valence-corrected chi connectivity index (χ1v) is 3.84. The summed E-state index contributed by atoms with van der Waals surface area (Å²) in [5.41, 5.74) is 0.942. The average molecular weight is 162 g/mol. The van der Waals surface area contributed by atoms with Crippen LogP contribution in [0.5, 0.6) is 0 Å². The minimum Gasteiger partial charge on any atom is -0.273 e. The van der Waals surface area contributed by atoms with E-state index >= 15 is 0 Å². The summed E-state index contributed by atoms with van der Waals surface area (Å²) < 4.78 is 13.1. The van der Waals surface area contributed by atoms with Gasteiger partial charge in [0.1, 0.15) is 5.82 Å². The second-order valence-electron chi connectivity index (χ2n) is 2.94. The van der Waals surface area contributed by atoms with Crippen molar-refractivity contribution in [3.8, 4) is 0 Å². The molecule has 1 aromatic rings. The number of aromatic nitrogens is 1. The van der Waals surface area contributed by atoms with Crippen LogP contribution in [0.2, 0.25) is 0 Å². The lowest BCUT2D eigenvalue weighted by molar-refractivity contribution is 0.606. The summed E-state index contributed by atoms with van der Waals surface area (Å²) in [5, 5.41) is 0. The zero-order valence-corrected chi connectivity index (χ0v) is 6.42. The van der Waals surface area contributed by atoms with Crippen molar-refractivity contribution < 1.29 is 4.39 Å². The van der Waals surface area contributed by atoms with Crippen molar-refractivity contribution in [2.24, 2.45) is 0 Å². The Morgan fingerprint density at radius 2 is 2.25 bits per heavy atom. The zero-order chi connectivity index (χ0) is 8.55. The monoisotopic (exact) mass is 162 g/mol. The van der Waals surface area contributed by atoms with Crippen LogP contribution in [0.15, 0.2) is 12.4 Å². The Bertz CT molecular complexity index is 350. The standard InChI is InChI=1S/C9H7FN2/c1-11-8-5-12-4-7(10)9(8)6-2-3-6/h4-6H,2-3H2. The molecule has 0 aliphatic heterocycles. The number of halogens is 1. The van der Waals surface area contributed by atoms with Gasteiger partial charge in [-0.1, -0.05) is 0 Å². The Morgan fingerprint density at radius 3 is 2.83 bits per heavy atom. The van der Waals surface area contributed by atoms with E-state index in [0.29, 0.717) is 11.3 Å². The van der Waals surface area contributed by atoms with E-state index in [2.05, 4.69) is 9.83 Å². The molecule has 1 saturated carbocycles. The van der Waals surface area contributed by atoms with Gasteiger partial charge >= 0.3 is 0 Å². The molecule has 0 amide bonds. The Morgan fingerprint density at radius 1 is 1.50 bits per heavy atom. The van der Waals surface area contributed by atoms with Crippen molar-refractivity contribution in [2.45, 2.75) is 18.8 Å². The highest BCUT2D eigenvalue weighted by molar-refractivity contribution is 5.53. The predicted octanol–water partition coefficient (Wildman–Crippen LogP) is 2.65. The normalized spacial score (nSPS) is 15.7. The number of hydrogen-bond acceptors (Lipinski definition) is 1. The van der Waals surface area contributed by atoms with Crippen molar-refractivity contribution >= 4 is 5.69 Å². The molecule has 1 fully saturated rings. The first-order chi connectivity index (χ1) is 5.83. The molecule has 12 heavy (non-hydrogen) atoms. The van der Waals surface area contributed by atoms with Crippen molar-refractivity contribution in [3.05, 3.63) is 35.2 Å². The van der Waals surface area contributed by atoms with Crippen molar-refractivity contribution in [1.82, 2.24) is 4.98 Å². The van der Waals surface area contributed by atoms with Crippen LogP contribution in [0, 0.1) is 12.4 Å². The Balaban J connectivity index is 2.54. The van der Waals surface area contributed by atoms with Crippen LogP contribution in [0.25, 0.3) is 4.85 Å². The molecular weight excluding hydrogens is 155 g/mol. The minimum atomic E-state index is -0.328. The van der Waals surface area contributed by atoms with E-state index in [-0.39, 0.29) is 11.7 Å². The maximum absolute atomic E-state index is 13.1. The molecule has 0 bridgehead atoms. The highest BCUT2D eigenvalue weighted by atomic mass is 19.1. The lowest BCUT2D eigenvalue weighted by atomic mass is 10.1. The van der Waals surface area contributed by atoms with E-state index in [1.54, 1.807) is 0 Å². The van der Waals surface area contributed by atoms with Crippen LogP contribution in [-0.4, -0.2) is 4.98 Å². The van der Waals surface area contributed by atoms with Gasteiger partial charge in [-0.15, -0.1) is 0 Å². The Kier molecular flexibility index (Phi) is 1.54. The molecule has 0 aromatic carbocycles. The summed E-state index contributed by atoms with van der Waals surface area (Å²) in [4.78, 5) is 6.88. The van der Waals surface area contributed by atoms with Crippen LogP contribution in [0.3, 0.4) is 0 Å². The van der Waals surface area contributed by atoms with Crippen LogP contribution < -0.4 is 0 Å². The number of pyridine rings is 1. The molecule has 0 unspecified atom stereocenters. The molecule has 0 N–H and O–H groups in total. The number of rotatable bonds is 1. The largest absolute Gasteiger partial charge is 0.273 e.